The van der Waals surface area contributed by atoms with Crippen LogP contribution in [-0.4, -0.2) is 15.3 Å². The van der Waals surface area contributed by atoms with Gasteiger partial charge in [0.1, 0.15) is 0 Å². The highest BCUT2D eigenvalue weighted by Crippen LogP contribution is 2.25. The van der Waals surface area contributed by atoms with Crippen molar-refractivity contribution in [3.8, 4) is 11.8 Å². The normalized spacial score (nSPS) is 10.8. The molecule has 2 aromatic carbocycles. The Morgan fingerprint density at radius 3 is 2.81 bits per heavy atom. The van der Waals surface area contributed by atoms with E-state index in [4.69, 9.17) is 21.8 Å². The number of halogens is 1. The molecule has 0 fully saturated rings. The van der Waals surface area contributed by atoms with E-state index in [0.717, 1.165) is 29.8 Å². The number of unbranched alkanes of at least 4 members (excludes halogenated alkanes) is 2. The Morgan fingerprint density at radius 1 is 1.23 bits per heavy atom. The summed E-state index contributed by atoms with van der Waals surface area (Å²) in [6.45, 7) is 1.98. The lowest BCUT2D eigenvalue weighted by molar-refractivity contribution is 0.801. The third-order valence-corrected chi connectivity index (χ3v) is 5.33. The number of aromatic nitrogens is 2. The maximum atomic E-state index is 13.2. The molecule has 3 rings (SSSR count). The van der Waals surface area contributed by atoms with Crippen LogP contribution in [0.5, 0.6) is 0 Å². The van der Waals surface area contributed by atoms with Gasteiger partial charge in [-0.1, -0.05) is 41.6 Å². The number of hydrogen-bond acceptors (Lipinski definition) is 4. The predicted molar refractivity (Wildman–Crippen MR) is 107 cm³/mol. The van der Waals surface area contributed by atoms with Gasteiger partial charge in [0.15, 0.2) is 5.16 Å². The fourth-order valence-corrected chi connectivity index (χ4v) is 3.90. The van der Waals surface area contributed by atoms with Gasteiger partial charge >= 0.3 is 0 Å². The first-order chi connectivity index (χ1) is 12.6. The quantitative estimate of drug-likeness (QED) is 0.336. The van der Waals surface area contributed by atoms with Gasteiger partial charge in [0.05, 0.1) is 22.7 Å². The maximum Gasteiger partial charge on any atom is 0.266 e. The van der Waals surface area contributed by atoms with Crippen LogP contribution >= 0.6 is 23.4 Å². The lowest BCUT2D eigenvalue weighted by Gasteiger charge is -2.15. The van der Waals surface area contributed by atoms with Gasteiger partial charge in [-0.25, -0.2) is 4.98 Å². The molecule has 0 aliphatic heterocycles. The second kappa shape index (κ2) is 8.39. The molecule has 0 N–H and O–H groups in total. The molecule has 0 bridgehead atoms. The van der Waals surface area contributed by atoms with Crippen LogP contribution in [0.25, 0.3) is 16.6 Å². The zero-order valence-corrected chi connectivity index (χ0v) is 16.0. The summed E-state index contributed by atoms with van der Waals surface area (Å²) in [6.07, 6.45) is 2.29. The van der Waals surface area contributed by atoms with Gasteiger partial charge in [0.25, 0.3) is 5.56 Å². The summed E-state index contributed by atoms with van der Waals surface area (Å²) in [5, 5.41) is 10.4. The van der Waals surface area contributed by atoms with Gasteiger partial charge < -0.3 is 0 Å². The highest BCUT2D eigenvalue weighted by molar-refractivity contribution is 7.99. The van der Waals surface area contributed by atoms with Crippen molar-refractivity contribution in [2.24, 2.45) is 0 Å². The molecule has 6 heteroatoms. The number of para-hydroxylation sites is 1. The van der Waals surface area contributed by atoms with Crippen LogP contribution in [0.2, 0.25) is 5.02 Å². The second-order valence-corrected chi connectivity index (χ2v) is 7.45. The molecule has 1 aromatic heterocycles. The summed E-state index contributed by atoms with van der Waals surface area (Å²) in [4.78, 5) is 17.9. The SMILES string of the molecule is Cc1ccccc1-n1c(SCCCCC#N)nc2cc(Cl)ccc2c1=O. The Kier molecular flexibility index (Phi) is 5.97. The Bertz CT molecular complexity index is 1040. The van der Waals surface area contributed by atoms with Crippen LogP contribution in [0.1, 0.15) is 24.8 Å². The Morgan fingerprint density at radius 2 is 2.04 bits per heavy atom. The van der Waals surface area contributed by atoms with E-state index in [2.05, 4.69) is 6.07 Å². The molecule has 26 heavy (non-hydrogen) atoms. The first-order valence-corrected chi connectivity index (χ1v) is 9.76. The molecule has 4 nitrogen and oxygen atoms in total. The summed E-state index contributed by atoms with van der Waals surface area (Å²) in [7, 11) is 0. The van der Waals surface area contributed by atoms with E-state index in [9.17, 15) is 4.79 Å². The summed E-state index contributed by atoms with van der Waals surface area (Å²) in [5.74, 6) is 0.798. The zero-order chi connectivity index (χ0) is 18.5. The van der Waals surface area contributed by atoms with Gasteiger partial charge in [-0.15, -0.1) is 0 Å². The fraction of sp³-hybridized carbons (Fsp3) is 0.250. The highest BCUT2D eigenvalue weighted by Gasteiger charge is 2.14. The molecule has 0 saturated heterocycles. The summed E-state index contributed by atoms with van der Waals surface area (Å²) < 4.78 is 1.68. The number of thioether (sulfide) groups is 1. The standard InChI is InChI=1S/C20H18ClN3OS/c1-14-7-3-4-8-18(14)24-19(25)16-10-9-15(21)13-17(16)23-20(24)26-12-6-2-5-11-22/h3-4,7-10,13H,2,5-6,12H2,1H3. The molecule has 0 aliphatic rings. The molecule has 0 spiro atoms. The monoisotopic (exact) mass is 383 g/mol. The van der Waals surface area contributed by atoms with E-state index in [1.165, 1.54) is 11.8 Å². The fourth-order valence-electron chi connectivity index (χ4n) is 2.73. The number of rotatable bonds is 6. The molecule has 0 radical (unpaired) electrons. The Hall–Kier alpha value is -2.29. The number of aryl methyl sites for hydroxylation is 1. The molecule has 3 aromatic rings. The molecule has 0 aliphatic carbocycles. The topological polar surface area (TPSA) is 58.7 Å². The molecular formula is C20H18ClN3OS. The zero-order valence-electron chi connectivity index (χ0n) is 14.4. The lowest BCUT2D eigenvalue weighted by Crippen LogP contribution is -2.22. The molecule has 0 amide bonds. The van der Waals surface area contributed by atoms with Gasteiger partial charge in [-0.05, 0) is 49.6 Å². The van der Waals surface area contributed by atoms with Crippen LogP contribution < -0.4 is 5.56 Å². The number of nitriles is 1. The minimum absolute atomic E-state index is 0.0968. The minimum atomic E-state index is -0.0968. The number of nitrogens with zero attached hydrogens (tertiary/aromatic N) is 3. The van der Waals surface area contributed by atoms with Gasteiger partial charge in [0.2, 0.25) is 0 Å². The lowest BCUT2D eigenvalue weighted by atomic mass is 10.2. The number of hydrogen-bond donors (Lipinski definition) is 0. The minimum Gasteiger partial charge on any atom is -0.268 e. The maximum absolute atomic E-state index is 13.2. The van der Waals surface area contributed by atoms with Crippen molar-refractivity contribution >= 4 is 34.3 Å². The average molecular weight is 384 g/mol. The summed E-state index contributed by atoms with van der Waals surface area (Å²) >= 11 is 7.62. The third kappa shape index (κ3) is 3.92. The number of fused-ring (bicyclic) bond motifs is 1. The van der Waals surface area contributed by atoms with Crippen LogP contribution in [-0.2, 0) is 0 Å². The predicted octanol–water partition coefficient (Wildman–Crippen LogP) is 5.13. The van der Waals surface area contributed by atoms with Crippen molar-refractivity contribution < 1.29 is 0 Å². The average Bonchev–Trinajstić information content (AvgIpc) is 2.62. The molecule has 0 atom stereocenters. The van der Waals surface area contributed by atoms with E-state index in [0.29, 0.717) is 27.5 Å². The van der Waals surface area contributed by atoms with Crippen molar-refractivity contribution in [1.82, 2.24) is 9.55 Å². The Labute approximate surface area is 161 Å². The molecule has 0 saturated carbocycles. The van der Waals surface area contributed by atoms with Crippen molar-refractivity contribution in [3.63, 3.8) is 0 Å². The van der Waals surface area contributed by atoms with Gasteiger partial charge in [0, 0.05) is 17.2 Å². The molecule has 0 unspecified atom stereocenters. The highest BCUT2D eigenvalue weighted by atomic mass is 35.5. The van der Waals surface area contributed by atoms with Crippen LogP contribution in [0.4, 0.5) is 0 Å². The van der Waals surface area contributed by atoms with Crippen molar-refractivity contribution in [2.45, 2.75) is 31.3 Å². The van der Waals surface area contributed by atoms with Crippen LogP contribution in [0.3, 0.4) is 0 Å². The van der Waals surface area contributed by atoms with Gasteiger partial charge in [-0.2, -0.15) is 5.26 Å². The molecule has 132 valence electrons. The first kappa shape index (κ1) is 18.5. The second-order valence-electron chi connectivity index (χ2n) is 5.95. The van der Waals surface area contributed by atoms with Crippen LogP contribution in [0, 0.1) is 18.3 Å². The molecular weight excluding hydrogens is 366 g/mol. The van der Waals surface area contributed by atoms with E-state index >= 15 is 0 Å². The number of benzene rings is 2. The van der Waals surface area contributed by atoms with E-state index in [-0.39, 0.29) is 5.56 Å². The first-order valence-electron chi connectivity index (χ1n) is 8.40. The molecule has 1 heterocycles. The third-order valence-electron chi connectivity index (χ3n) is 4.07. The van der Waals surface area contributed by atoms with Crippen molar-refractivity contribution in [2.75, 3.05) is 5.75 Å². The van der Waals surface area contributed by atoms with E-state index in [1.807, 2.05) is 31.2 Å². The summed E-state index contributed by atoms with van der Waals surface area (Å²) in [5.41, 5.74) is 2.35. The summed E-state index contributed by atoms with van der Waals surface area (Å²) in [6, 6.07) is 15.1. The van der Waals surface area contributed by atoms with E-state index in [1.54, 1.807) is 22.8 Å². The smallest absolute Gasteiger partial charge is 0.266 e. The van der Waals surface area contributed by atoms with Gasteiger partial charge in [-0.3, -0.25) is 9.36 Å². The van der Waals surface area contributed by atoms with E-state index < -0.39 is 0 Å². The largest absolute Gasteiger partial charge is 0.268 e. The Balaban J connectivity index is 2.10. The van der Waals surface area contributed by atoms with Crippen molar-refractivity contribution in [3.05, 3.63) is 63.4 Å². The van der Waals surface area contributed by atoms with Crippen molar-refractivity contribution in [1.29, 1.82) is 5.26 Å². The van der Waals surface area contributed by atoms with Crippen LogP contribution in [0.15, 0.2) is 52.4 Å².